The molecule has 0 aliphatic carbocycles. The number of rotatable bonds is 4. The lowest BCUT2D eigenvalue weighted by molar-refractivity contribution is -0.143. The van der Waals surface area contributed by atoms with Gasteiger partial charge >= 0.3 is 5.97 Å². The smallest absolute Gasteiger partial charge is 0.328 e. The van der Waals surface area contributed by atoms with Crippen molar-refractivity contribution in [2.45, 2.75) is 44.9 Å². The molecule has 6 heteroatoms. The second kappa shape index (κ2) is 7.14. The van der Waals surface area contributed by atoms with Gasteiger partial charge in [0.25, 0.3) is 5.91 Å². The summed E-state index contributed by atoms with van der Waals surface area (Å²) in [5.74, 6) is -1.25. The highest BCUT2D eigenvalue weighted by Crippen LogP contribution is 2.38. The number of nitrogens with zero attached hydrogens (tertiary/aromatic N) is 2. The average Bonchev–Trinajstić information content (AvgIpc) is 2.96. The van der Waals surface area contributed by atoms with Crippen molar-refractivity contribution in [3.05, 3.63) is 35.4 Å². The third kappa shape index (κ3) is 3.28. The Morgan fingerprint density at radius 3 is 2.56 bits per heavy atom. The fourth-order valence-electron chi connectivity index (χ4n) is 3.94. The van der Waals surface area contributed by atoms with E-state index in [2.05, 4.69) is 11.8 Å². The summed E-state index contributed by atoms with van der Waals surface area (Å²) in [6, 6.07) is 6.39. The Labute approximate surface area is 148 Å². The number of hydrogen-bond donors (Lipinski definition) is 1. The Morgan fingerprint density at radius 1 is 1.28 bits per heavy atom. The largest absolute Gasteiger partial charge is 0.480 e. The Hall–Kier alpha value is -1.92. The van der Waals surface area contributed by atoms with Gasteiger partial charge < -0.3 is 14.7 Å². The van der Waals surface area contributed by atoms with Crippen LogP contribution in [0.4, 0.5) is 0 Å². The predicted molar refractivity (Wildman–Crippen MR) is 93.4 cm³/mol. The molecule has 1 aromatic carbocycles. The number of carboxylic acid groups (broad SMARTS) is 1. The summed E-state index contributed by atoms with van der Waals surface area (Å²) in [6.07, 6.45) is 2.38. The minimum absolute atomic E-state index is 0.0563. The van der Waals surface area contributed by atoms with Crippen LogP contribution in [0, 0.1) is 6.92 Å². The Bertz CT molecular complexity index is 653. The van der Waals surface area contributed by atoms with Crippen LogP contribution < -0.4 is 0 Å². The molecule has 1 aromatic rings. The van der Waals surface area contributed by atoms with Crippen LogP contribution >= 0.6 is 0 Å². The molecule has 0 radical (unpaired) electrons. The topological polar surface area (TPSA) is 70.1 Å². The van der Waals surface area contributed by atoms with Gasteiger partial charge in [0.05, 0.1) is 6.61 Å². The highest BCUT2D eigenvalue weighted by Gasteiger charge is 2.54. The van der Waals surface area contributed by atoms with Gasteiger partial charge in [-0.2, -0.15) is 0 Å². The number of aryl methyl sites for hydroxylation is 1. The predicted octanol–water partition coefficient (Wildman–Crippen LogP) is 2.12. The lowest BCUT2D eigenvalue weighted by Crippen LogP contribution is -2.58. The summed E-state index contributed by atoms with van der Waals surface area (Å²) in [5, 5.41) is 9.61. The lowest BCUT2D eigenvalue weighted by Gasteiger charge is -2.44. The van der Waals surface area contributed by atoms with Crippen molar-refractivity contribution in [3.8, 4) is 0 Å². The lowest BCUT2D eigenvalue weighted by atomic mass is 9.96. The first-order valence-electron chi connectivity index (χ1n) is 8.97. The standard InChI is InChI=1S/C19H26N2O4/c1-3-10-20-11-8-19(9-12-20)21(16(13-25-19)18(23)24)17(22)15-7-5-4-6-14(15)2/h4-7,16H,3,8-13H2,1-2H3,(H,23,24)/t16-/m1/s1. The van der Waals surface area contributed by atoms with Gasteiger partial charge in [-0.25, -0.2) is 4.79 Å². The first kappa shape index (κ1) is 17.9. The third-order valence-electron chi connectivity index (χ3n) is 5.32. The summed E-state index contributed by atoms with van der Waals surface area (Å²) in [5.41, 5.74) is 0.601. The van der Waals surface area contributed by atoms with Gasteiger partial charge in [-0.3, -0.25) is 9.69 Å². The summed E-state index contributed by atoms with van der Waals surface area (Å²) < 4.78 is 5.97. The number of aliphatic carboxylic acids is 1. The molecule has 0 saturated carbocycles. The second-order valence-corrected chi connectivity index (χ2v) is 6.94. The van der Waals surface area contributed by atoms with E-state index < -0.39 is 17.7 Å². The fourth-order valence-corrected chi connectivity index (χ4v) is 3.94. The van der Waals surface area contributed by atoms with E-state index in [1.54, 1.807) is 6.07 Å². The number of amides is 1. The highest BCUT2D eigenvalue weighted by molar-refractivity contribution is 5.98. The van der Waals surface area contributed by atoms with Gasteiger partial charge in [0, 0.05) is 31.5 Å². The number of piperidine rings is 1. The van der Waals surface area contributed by atoms with E-state index in [-0.39, 0.29) is 12.5 Å². The van der Waals surface area contributed by atoms with Gasteiger partial charge in [0.2, 0.25) is 0 Å². The Kier molecular flexibility index (Phi) is 5.11. The van der Waals surface area contributed by atoms with E-state index >= 15 is 0 Å². The van der Waals surface area contributed by atoms with Crippen molar-refractivity contribution in [2.24, 2.45) is 0 Å². The van der Waals surface area contributed by atoms with Crippen molar-refractivity contribution in [2.75, 3.05) is 26.2 Å². The zero-order valence-corrected chi connectivity index (χ0v) is 14.9. The molecule has 1 N–H and O–H groups in total. The van der Waals surface area contributed by atoms with Crippen LogP contribution in [0.1, 0.15) is 42.1 Å². The summed E-state index contributed by atoms with van der Waals surface area (Å²) in [6.45, 7) is 6.72. The normalized spacial score (nSPS) is 23.1. The number of carboxylic acids is 1. The molecule has 1 atom stereocenters. The Morgan fingerprint density at radius 2 is 1.96 bits per heavy atom. The number of carbonyl (C=O) groups excluding carboxylic acids is 1. The molecule has 6 nitrogen and oxygen atoms in total. The maximum Gasteiger partial charge on any atom is 0.328 e. The molecule has 136 valence electrons. The summed E-state index contributed by atoms with van der Waals surface area (Å²) >= 11 is 0. The first-order valence-corrected chi connectivity index (χ1v) is 8.97. The van der Waals surface area contributed by atoms with Crippen LogP contribution in [0.15, 0.2) is 24.3 Å². The molecular formula is C19H26N2O4. The maximum atomic E-state index is 13.2. The van der Waals surface area contributed by atoms with Gasteiger partial charge in [-0.05, 0) is 31.5 Å². The van der Waals surface area contributed by atoms with E-state index in [1.165, 1.54) is 4.90 Å². The van der Waals surface area contributed by atoms with Crippen LogP contribution in [0.25, 0.3) is 0 Å². The van der Waals surface area contributed by atoms with Gasteiger partial charge in [0.1, 0.15) is 5.72 Å². The van der Waals surface area contributed by atoms with Gasteiger partial charge in [-0.15, -0.1) is 0 Å². The SMILES string of the molecule is CCCN1CCC2(CC1)OC[C@H](C(=O)O)N2C(=O)c1ccccc1C. The van der Waals surface area contributed by atoms with Gasteiger partial charge in [-0.1, -0.05) is 25.1 Å². The average molecular weight is 346 g/mol. The van der Waals surface area contributed by atoms with Crippen molar-refractivity contribution >= 4 is 11.9 Å². The van der Waals surface area contributed by atoms with Gasteiger partial charge in [0.15, 0.2) is 6.04 Å². The highest BCUT2D eigenvalue weighted by atomic mass is 16.5. The van der Waals surface area contributed by atoms with E-state index in [1.807, 2.05) is 25.1 Å². The number of hydrogen-bond acceptors (Lipinski definition) is 4. The van der Waals surface area contributed by atoms with Crippen molar-refractivity contribution in [1.82, 2.24) is 9.80 Å². The molecule has 2 saturated heterocycles. The maximum absolute atomic E-state index is 13.2. The first-order chi connectivity index (χ1) is 12.0. The molecule has 2 aliphatic heterocycles. The molecular weight excluding hydrogens is 320 g/mol. The van der Waals surface area contributed by atoms with E-state index in [4.69, 9.17) is 4.74 Å². The van der Waals surface area contributed by atoms with E-state index in [0.29, 0.717) is 18.4 Å². The molecule has 1 spiro atoms. The molecule has 0 bridgehead atoms. The van der Waals surface area contributed by atoms with Crippen LogP contribution in [-0.2, 0) is 9.53 Å². The minimum Gasteiger partial charge on any atom is -0.480 e. The monoisotopic (exact) mass is 346 g/mol. The number of likely N-dealkylation sites (tertiary alicyclic amines) is 1. The third-order valence-corrected chi connectivity index (χ3v) is 5.32. The number of ether oxygens (including phenoxy) is 1. The molecule has 0 unspecified atom stereocenters. The van der Waals surface area contributed by atoms with Crippen molar-refractivity contribution in [3.63, 3.8) is 0 Å². The quantitative estimate of drug-likeness (QED) is 0.904. The molecule has 3 rings (SSSR count). The van der Waals surface area contributed by atoms with Crippen molar-refractivity contribution in [1.29, 1.82) is 0 Å². The number of carbonyl (C=O) groups is 2. The van der Waals surface area contributed by atoms with Crippen LogP contribution in [-0.4, -0.2) is 64.8 Å². The molecule has 0 aromatic heterocycles. The fraction of sp³-hybridized carbons (Fsp3) is 0.579. The van der Waals surface area contributed by atoms with Crippen LogP contribution in [0.5, 0.6) is 0 Å². The summed E-state index contributed by atoms with van der Waals surface area (Å²) in [4.78, 5) is 28.8. The van der Waals surface area contributed by atoms with Crippen molar-refractivity contribution < 1.29 is 19.4 Å². The zero-order valence-electron chi connectivity index (χ0n) is 14.9. The minimum atomic E-state index is -1.00. The Balaban J connectivity index is 1.90. The van der Waals surface area contributed by atoms with Crippen LogP contribution in [0.3, 0.4) is 0 Å². The molecule has 2 fully saturated rings. The molecule has 1 amide bonds. The molecule has 2 heterocycles. The van der Waals surface area contributed by atoms with E-state index in [0.717, 1.165) is 31.6 Å². The summed E-state index contributed by atoms with van der Waals surface area (Å²) in [7, 11) is 0. The number of benzene rings is 1. The molecule has 2 aliphatic rings. The van der Waals surface area contributed by atoms with Crippen LogP contribution in [0.2, 0.25) is 0 Å². The molecule has 25 heavy (non-hydrogen) atoms. The zero-order chi connectivity index (χ0) is 18.0. The second-order valence-electron chi connectivity index (χ2n) is 6.94. The van der Waals surface area contributed by atoms with E-state index in [9.17, 15) is 14.7 Å².